The first kappa shape index (κ1) is 20.5. The summed E-state index contributed by atoms with van der Waals surface area (Å²) in [4.78, 5) is 0. The lowest BCUT2D eigenvalue weighted by molar-refractivity contribution is -0.0519. The van der Waals surface area contributed by atoms with Crippen LogP contribution >= 0.6 is 0 Å². The van der Waals surface area contributed by atoms with Crippen LogP contribution in [-0.4, -0.2) is 35.1 Å². The predicted octanol–water partition coefficient (Wildman–Crippen LogP) is 5.25. The first-order valence-electron chi connectivity index (χ1n) is 12.5. The third kappa shape index (κ3) is 3.34. The first-order valence-corrected chi connectivity index (χ1v) is 12.5. The van der Waals surface area contributed by atoms with Crippen molar-refractivity contribution in [3.05, 3.63) is 11.6 Å². The van der Waals surface area contributed by atoms with Crippen LogP contribution in [0.5, 0.6) is 0 Å². The van der Waals surface area contributed by atoms with Gasteiger partial charge in [-0.1, -0.05) is 31.9 Å². The maximum Gasteiger partial charge on any atom is 0.0902 e. The third-order valence-electron chi connectivity index (χ3n) is 10.6. The molecule has 1 aliphatic heterocycles. The van der Waals surface area contributed by atoms with Crippen molar-refractivity contribution < 1.29 is 14.9 Å². The lowest BCUT2D eigenvalue weighted by atomic mass is 9.47. The van der Waals surface area contributed by atoms with Crippen LogP contribution in [0, 0.1) is 34.5 Å². The highest BCUT2D eigenvalue weighted by Gasteiger charge is 2.58. The molecule has 0 spiro atoms. The molecule has 0 amide bonds. The van der Waals surface area contributed by atoms with Gasteiger partial charge >= 0.3 is 0 Å². The largest absolute Gasteiger partial charge is 0.393 e. The normalized spacial score (nSPS) is 51.9. The van der Waals surface area contributed by atoms with Crippen molar-refractivity contribution in [3.63, 3.8) is 0 Å². The van der Waals surface area contributed by atoms with Crippen LogP contribution in [-0.2, 0) is 4.74 Å². The van der Waals surface area contributed by atoms with Gasteiger partial charge in [-0.25, -0.2) is 0 Å². The topological polar surface area (TPSA) is 49.7 Å². The molecule has 0 aromatic carbocycles. The average molecular weight is 403 g/mol. The quantitative estimate of drug-likeness (QED) is 0.632. The molecule has 3 saturated carbocycles. The van der Waals surface area contributed by atoms with Crippen LogP contribution in [0.4, 0.5) is 0 Å². The van der Waals surface area contributed by atoms with Gasteiger partial charge in [0.15, 0.2) is 0 Å². The summed E-state index contributed by atoms with van der Waals surface area (Å²) in [5, 5.41) is 20.8. The standard InChI is InChI=1S/C26H42O3/c1-24-13-10-23-21(7-5-19-16-20(27)9-12-25(19,23)2)22(24)8-6-18(24)4-3-11-26(28)14-15-29-17-26/h5,18,20-23,27-28H,3-4,6-17H2,1-2H3. The summed E-state index contributed by atoms with van der Waals surface area (Å²) in [6, 6.07) is 0. The third-order valence-corrected chi connectivity index (χ3v) is 10.6. The van der Waals surface area contributed by atoms with E-state index in [0.717, 1.165) is 62.4 Å². The summed E-state index contributed by atoms with van der Waals surface area (Å²) in [7, 11) is 0. The van der Waals surface area contributed by atoms with E-state index in [9.17, 15) is 10.2 Å². The van der Waals surface area contributed by atoms with Gasteiger partial charge in [-0.2, -0.15) is 0 Å². The Labute approximate surface area is 177 Å². The highest BCUT2D eigenvalue weighted by Crippen LogP contribution is 2.66. The number of allylic oxidation sites excluding steroid dienone is 1. The second-order valence-corrected chi connectivity index (χ2v) is 11.9. The summed E-state index contributed by atoms with van der Waals surface area (Å²) >= 11 is 0. The molecule has 8 atom stereocenters. The van der Waals surface area contributed by atoms with Gasteiger partial charge in [-0.3, -0.25) is 0 Å². The van der Waals surface area contributed by atoms with Crippen LogP contribution in [0.2, 0.25) is 0 Å². The summed E-state index contributed by atoms with van der Waals surface area (Å²) in [5.74, 6) is 3.41. The van der Waals surface area contributed by atoms with Crippen molar-refractivity contribution in [2.24, 2.45) is 34.5 Å². The second-order valence-electron chi connectivity index (χ2n) is 11.9. The molecule has 5 rings (SSSR count). The molecule has 0 aromatic heterocycles. The van der Waals surface area contributed by atoms with Crippen LogP contribution < -0.4 is 0 Å². The van der Waals surface area contributed by atoms with E-state index in [1.807, 2.05) is 0 Å². The molecule has 0 bridgehead atoms. The Morgan fingerprint density at radius 3 is 2.72 bits per heavy atom. The zero-order valence-electron chi connectivity index (χ0n) is 18.7. The van der Waals surface area contributed by atoms with E-state index >= 15 is 0 Å². The summed E-state index contributed by atoms with van der Waals surface area (Å²) in [6.07, 6.45) is 16.6. The predicted molar refractivity (Wildman–Crippen MR) is 115 cm³/mol. The fourth-order valence-corrected chi connectivity index (χ4v) is 8.70. The lowest BCUT2D eigenvalue weighted by Gasteiger charge is -2.58. The molecule has 8 unspecified atom stereocenters. The van der Waals surface area contributed by atoms with Crippen molar-refractivity contribution in [2.45, 2.75) is 103 Å². The van der Waals surface area contributed by atoms with Gasteiger partial charge < -0.3 is 14.9 Å². The van der Waals surface area contributed by atoms with Crippen molar-refractivity contribution in [1.82, 2.24) is 0 Å². The smallest absolute Gasteiger partial charge is 0.0902 e. The van der Waals surface area contributed by atoms with Crippen LogP contribution in [0.25, 0.3) is 0 Å². The number of hydrogen-bond donors (Lipinski definition) is 2. The molecule has 4 fully saturated rings. The number of rotatable bonds is 4. The molecule has 2 N–H and O–H groups in total. The number of fused-ring (bicyclic) bond motifs is 5. The highest BCUT2D eigenvalue weighted by molar-refractivity contribution is 5.25. The molecule has 0 aromatic rings. The minimum absolute atomic E-state index is 0.101. The number of aliphatic hydroxyl groups excluding tert-OH is 1. The maximum absolute atomic E-state index is 10.6. The highest BCUT2D eigenvalue weighted by atomic mass is 16.5. The van der Waals surface area contributed by atoms with Crippen molar-refractivity contribution >= 4 is 0 Å². The summed E-state index contributed by atoms with van der Waals surface area (Å²) in [6.45, 7) is 6.42. The molecule has 164 valence electrons. The minimum Gasteiger partial charge on any atom is -0.393 e. The first-order chi connectivity index (χ1) is 13.8. The van der Waals surface area contributed by atoms with Gasteiger partial charge in [0, 0.05) is 13.0 Å². The van der Waals surface area contributed by atoms with E-state index in [1.54, 1.807) is 5.57 Å². The van der Waals surface area contributed by atoms with Gasteiger partial charge in [0.1, 0.15) is 0 Å². The molecule has 0 radical (unpaired) electrons. The van der Waals surface area contributed by atoms with E-state index in [0.29, 0.717) is 17.4 Å². The van der Waals surface area contributed by atoms with Gasteiger partial charge in [0.05, 0.1) is 18.3 Å². The number of ether oxygens (including phenoxy) is 1. The van der Waals surface area contributed by atoms with Crippen LogP contribution in [0.1, 0.15) is 90.9 Å². The molecular weight excluding hydrogens is 360 g/mol. The SMILES string of the molecule is CC12CCC(O)CC1=CCC1C2CCC2(C)C(CCCC3(O)CCOC3)CCC12. The van der Waals surface area contributed by atoms with E-state index in [2.05, 4.69) is 19.9 Å². The van der Waals surface area contributed by atoms with Crippen LogP contribution in [0.15, 0.2) is 11.6 Å². The maximum atomic E-state index is 10.6. The van der Waals surface area contributed by atoms with Gasteiger partial charge in [0.25, 0.3) is 0 Å². The Morgan fingerprint density at radius 2 is 1.93 bits per heavy atom. The molecule has 3 nitrogen and oxygen atoms in total. The minimum atomic E-state index is -0.540. The monoisotopic (exact) mass is 402 g/mol. The Bertz CT molecular complexity index is 650. The van der Waals surface area contributed by atoms with Crippen molar-refractivity contribution in [3.8, 4) is 0 Å². The molecule has 1 saturated heterocycles. The van der Waals surface area contributed by atoms with Gasteiger partial charge in [-0.15, -0.1) is 0 Å². The van der Waals surface area contributed by atoms with E-state index in [1.165, 1.54) is 44.9 Å². The zero-order valence-corrected chi connectivity index (χ0v) is 18.7. The molecule has 1 heterocycles. The fourth-order valence-electron chi connectivity index (χ4n) is 8.70. The van der Waals surface area contributed by atoms with Crippen LogP contribution in [0.3, 0.4) is 0 Å². The van der Waals surface area contributed by atoms with Crippen molar-refractivity contribution in [1.29, 1.82) is 0 Å². The Kier molecular flexibility index (Phi) is 5.20. The van der Waals surface area contributed by atoms with E-state index < -0.39 is 5.60 Å². The summed E-state index contributed by atoms with van der Waals surface area (Å²) in [5.41, 5.74) is 1.91. The lowest BCUT2D eigenvalue weighted by Crippen LogP contribution is -2.50. The Balaban J connectivity index is 1.27. The number of hydrogen-bond acceptors (Lipinski definition) is 3. The zero-order chi connectivity index (χ0) is 20.3. The molecule has 29 heavy (non-hydrogen) atoms. The molecular formula is C26H42O3. The van der Waals surface area contributed by atoms with Gasteiger partial charge in [0.2, 0.25) is 0 Å². The average Bonchev–Trinajstić information content (AvgIpc) is 3.26. The Hall–Kier alpha value is -0.380. The summed E-state index contributed by atoms with van der Waals surface area (Å²) < 4.78 is 5.44. The molecule has 5 aliphatic rings. The van der Waals surface area contributed by atoms with E-state index in [4.69, 9.17) is 4.74 Å². The van der Waals surface area contributed by atoms with Crippen molar-refractivity contribution in [2.75, 3.05) is 13.2 Å². The Morgan fingerprint density at radius 1 is 1.07 bits per heavy atom. The molecule has 4 aliphatic carbocycles. The number of aliphatic hydroxyl groups is 2. The fraction of sp³-hybridized carbons (Fsp3) is 0.923. The second kappa shape index (κ2) is 7.35. The van der Waals surface area contributed by atoms with Gasteiger partial charge in [-0.05, 0) is 98.7 Å². The molecule has 3 heteroatoms. The van der Waals surface area contributed by atoms with E-state index in [-0.39, 0.29) is 6.10 Å².